The second kappa shape index (κ2) is 5.72. The minimum Gasteiger partial charge on any atom is -0.435 e. The molecule has 0 saturated heterocycles. The Morgan fingerprint density at radius 1 is 1.38 bits per heavy atom. The highest BCUT2D eigenvalue weighted by molar-refractivity contribution is 9.10. The van der Waals surface area contributed by atoms with E-state index in [1.165, 1.54) is 12.1 Å². The Kier molecular flexibility index (Phi) is 4.86. The van der Waals surface area contributed by atoms with Gasteiger partial charge in [0.05, 0.1) is 4.83 Å². The van der Waals surface area contributed by atoms with Crippen molar-refractivity contribution in [2.24, 2.45) is 0 Å². The smallest absolute Gasteiger partial charge is 0.387 e. The zero-order chi connectivity index (χ0) is 12.3. The molecule has 0 aliphatic carbocycles. The van der Waals surface area contributed by atoms with E-state index in [0.29, 0.717) is 10.0 Å². The van der Waals surface area contributed by atoms with E-state index in [2.05, 4.69) is 36.6 Å². The Bertz CT molecular complexity index is 394. The molecule has 0 N–H and O–H groups in total. The highest BCUT2D eigenvalue weighted by Gasteiger charge is 2.15. The molecule has 0 spiro atoms. The van der Waals surface area contributed by atoms with Crippen molar-refractivity contribution in [2.75, 3.05) is 0 Å². The van der Waals surface area contributed by atoms with Crippen molar-refractivity contribution in [1.82, 2.24) is 0 Å². The quantitative estimate of drug-likeness (QED) is 0.601. The summed E-state index contributed by atoms with van der Waals surface area (Å²) in [6.07, 6.45) is 0. The molecule has 2 nitrogen and oxygen atoms in total. The average molecular weight is 358 g/mol. The van der Waals surface area contributed by atoms with Gasteiger partial charge in [-0.3, -0.25) is 4.79 Å². The van der Waals surface area contributed by atoms with Crippen LogP contribution in [0.15, 0.2) is 22.7 Å². The van der Waals surface area contributed by atoms with E-state index in [9.17, 15) is 13.6 Å². The number of hydrogen-bond acceptors (Lipinski definition) is 2. The largest absolute Gasteiger partial charge is 0.435 e. The van der Waals surface area contributed by atoms with Crippen molar-refractivity contribution in [3.63, 3.8) is 0 Å². The molecule has 1 aromatic rings. The minimum absolute atomic E-state index is 0.0409. The number of benzene rings is 1. The summed E-state index contributed by atoms with van der Waals surface area (Å²) < 4.78 is 28.8. The zero-order valence-electron chi connectivity index (χ0n) is 8.22. The van der Waals surface area contributed by atoms with Crippen molar-refractivity contribution in [3.8, 4) is 5.75 Å². The van der Waals surface area contributed by atoms with Crippen LogP contribution in [0.5, 0.6) is 5.75 Å². The van der Waals surface area contributed by atoms with Gasteiger partial charge in [-0.2, -0.15) is 8.78 Å². The number of alkyl halides is 3. The second-order valence-electron chi connectivity index (χ2n) is 3.03. The first kappa shape index (κ1) is 13.6. The zero-order valence-corrected chi connectivity index (χ0v) is 11.4. The summed E-state index contributed by atoms with van der Waals surface area (Å²) in [6, 6.07) is 4.22. The fourth-order valence-corrected chi connectivity index (χ4v) is 1.84. The number of rotatable bonds is 4. The number of carbonyl (C=O) groups is 1. The van der Waals surface area contributed by atoms with Crippen LogP contribution in [-0.2, 0) is 0 Å². The number of hydrogen-bond donors (Lipinski definition) is 0. The molecule has 0 aliphatic rings. The molecule has 6 heteroatoms. The Labute approximate surface area is 108 Å². The predicted octanol–water partition coefficient (Wildman–Crippen LogP) is 4.02. The van der Waals surface area contributed by atoms with Crippen LogP contribution in [0.4, 0.5) is 8.78 Å². The molecular formula is C10H8Br2F2O2. The number of ketones is 1. The van der Waals surface area contributed by atoms with Crippen LogP contribution in [0.3, 0.4) is 0 Å². The van der Waals surface area contributed by atoms with Gasteiger partial charge in [0.25, 0.3) is 0 Å². The number of Topliss-reactive ketones (excluding diaryl/α,β-unsaturated/α-hetero) is 1. The van der Waals surface area contributed by atoms with Crippen LogP contribution in [0.2, 0.25) is 0 Å². The molecular weight excluding hydrogens is 350 g/mol. The molecule has 0 amide bonds. The van der Waals surface area contributed by atoms with Gasteiger partial charge in [0.1, 0.15) is 5.75 Å². The van der Waals surface area contributed by atoms with Crippen molar-refractivity contribution in [2.45, 2.75) is 18.4 Å². The molecule has 0 radical (unpaired) electrons. The molecule has 0 saturated carbocycles. The van der Waals surface area contributed by atoms with Crippen LogP contribution in [0.25, 0.3) is 0 Å². The third-order valence-electron chi connectivity index (χ3n) is 1.74. The molecule has 88 valence electrons. The molecule has 1 atom stereocenters. The lowest BCUT2D eigenvalue weighted by atomic mass is 10.1. The van der Waals surface area contributed by atoms with E-state index >= 15 is 0 Å². The van der Waals surface area contributed by atoms with Crippen LogP contribution >= 0.6 is 31.9 Å². The van der Waals surface area contributed by atoms with Crippen molar-refractivity contribution in [1.29, 1.82) is 0 Å². The standard InChI is InChI=1S/C10H8Br2F2O2/c1-5(11)9(15)6-2-7(12)4-8(3-6)16-10(13)14/h2-5,10H,1H3. The highest BCUT2D eigenvalue weighted by atomic mass is 79.9. The van der Waals surface area contributed by atoms with Gasteiger partial charge >= 0.3 is 6.61 Å². The van der Waals surface area contributed by atoms with Gasteiger partial charge < -0.3 is 4.74 Å². The molecule has 0 heterocycles. The molecule has 1 unspecified atom stereocenters. The fraction of sp³-hybridized carbons (Fsp3) is 0.300. The van der Waals surface area contributed by atoms with Crippen molar-refractivity contribution < 1.29 is 18.3 Å². The topological polar surface area (TPSA) is 26.3 Å². The summed E-state index contributed by atoms with van der Waals surface area (Å²) in [7, 11) is 0. The normalized spacial score (nSPS) is 12.6. The lowest BCUT2D eigenvalue weighted by Gasteiger charge is -2.08. The van der Waals surface area contributed by atoms with Crippen molar-refractivity contribution >= 4 is 37.6 Å². The third kappa shape index (κ3) is 3.83. The van der Waals surface area contributed by atoms with Gasteiger partial charge in [-0.15, -0.1) is 0 Å². The maximum atomic E-state index is 12.0. The lowest BCUT2D eigenvalue weighted by Crippen LogP contribution is -2.10. The Morgan fingerprint density at radius 2 is 2.00 bits per heavy atom. The summed E-state index contributed by atoms with van der Waals surface area (Å²) in [5.41, 5.74) is 0.314. The molecule has 0 bridgehead atoms. The van der Waals surface area contributed by atoms with Crippen molar-refractivity contribution in [3.05, 3.63) is 28.2 Å². The van der Waals surface area contributed by atoms with Crippen LogP contribution in [0, 0.1) is 0 Å². The number of ether oxygens (including phenoxy) is 1. The van der Waals surface area contributed by atoms with Gasteiger partial charge in [0.2, 0.25) is 0 Å². The van der Waals surface area contributed by atoms with E-state index in [1.807, 2.05) is 0 Å². The highest BCUT2D eigenvalue weighted by Crippen LogP contribution is 2.24. The predicted molar refractivity (Wildman–Crippen MR) is 63.5 cm³/mol. The van der Waals surface area contributed by atoms with E-state index in [0.717, 1.165) is 0 Å². The third-order valence-corrected chi connectivity index (χ3v) is 2.62. The van der Waals surface area contributed by atoms with Crippen LogP contribution < -0.4 is 4.74 Å². The maximum absolute atomic E-state index is 12.0. The number of carbonyl (C=O) groups excluding carboxylic acids is 1. The van der Waals surface area contributed by atoms with Gasteiger partial charge in [-0.1, -0.05) is 31.9 Å². The second-order valence-corrected chi connectivity index (χ2v) is 5.32. The Morgan fingerprint density at radius 3 is 2.50 bits per heavy atom. The summed E-state index contributed by atoms with van der Waals surface area (Å²) >= 11 is 6.25. The summed E-state index contributed by atoms with van der Waals surface area (Å²) in [5.74, 6) is -0.235. The first-order valence-corrected chi connectivity index (χ1v) is 6.04. The first-order chi connectivity index (χ1) is 7.40. The van der Waals surface area contributed by atoms with Gasteiger partial charge in [0, 0.05) is 10.0 Å². The van der Waals surface area contributed by atoms with E-state index in [1.54, 1.807) is 13.0 Å². The van der Waals surface area contributed by atoms with Gasteiger partial charge in [-0.05, 0) is 25.1 Å². The summed E-state index contributed by atoms with van der Waals surface area (Å²) in [5, 5.41) is 0. The molecule has 1 aromatic carbocycles. The SMILES string of the molecule is CC(Br)C(=O)c1cc(Br)cc(OC(F)F)c1. The summed E-state index contributed by atoms with van der Waals surface area (Å²) in [6.45, 7) is -1.24. The van der Waals surface area contributed by atoms with Crippen LogP contribution in [0.1, 0.15) is 17.3 Å². The minimum atomic E-state index is -2.90. The lowest BCUT2D eigenvalue weighted by molar-refractivity contribution is -0.0499. The van der Waals surface area contributed by atoms with E-state index < -0.39 is 6.61 Å². The molecule has 0 aliphatic heterocycles. The van der Waals surface area contributed by atoms with Gasteiger partial charge in [0.15, 0.2) is 5.78 Å². The average Bonchev–Trinajstić information content (AvgIpc) is 2.14. The monoisotopic (exact) mass is 356 g/mol. The number of halogens is 4. The molecule has 16 heavy (non-hydrogen) atoms. The molecule has 0 fully saturated rings. The Balaban J connectivity index is 3.03. The summed E-state index contributed by atoms with van der Waals surface area (Å²) in [4.78, 5) is 11.3. The molecule has 1 rings (SSSR count). The first-order valence-electron chi connectivity index (χ1n) is 4.34. The Hall–Kier alpha value is -0.490. The fourth-order valence-electron chi connectivity index (χ4n) is 1.11. The van der Waals surface area contributed by atoms with E-state index in [4.69, 9.17) is 0 Å². The maximum Gasteiger partial charge on any atom is 0.387 e. The van der Waals surface area contributed by atoms with Crippen LogP contribution in [-0.4, -0.2) is 17.2 Å². The molecule has 0 aromatic heterocycles. The van der Waals surface area contributed by atoms with E-state index in [-0.39, 0.29) is 16.4 Å². The van der Waals surface area contributed by atoms with Gasteiger partial charge in [-0.25, -0.2) is 0 Å².